The average Bonchev–Trinajstić information content (AvgIpc) is 3.06. The van der Waals surface area contributed by atoms with E-state index in [1.165, 1.54) is 0 Å². The lowest BCUT2D eigenvalue weighted by atomic mass is 9.79. The third-order valence-electron chi connectivity index (χ3n) is 4.42. The largest absolute Gasteiger partial charge is 0.340 e. The second-order valence-corrected chi connectivity index (χ2v) is 8.09. The number of nitrogens with zero attached hydrogens (tertiary/aromatic N) is 1. The standard InChI is InChI=1S/C16H28N2O2/c1-10(2)9-18-12(15(3,4)5)13(19)17-16(6,14(18)20)11-7-8-11/h10-12H,7-9H2,1-6H3,(H,17,19). The number of carbonyl (C=O) groups is 2. The highest BCUT2D eigenvalue weighted by Crippen LogP contribution is 2.43. The molecule has 0 bridgehead atoms. The van der Waals surface area contributed by atoms with E-state index in [1.54, 1.807) is 0 Å². The van der Waals surface area contributed by atoms with E-state index in [1.807, 2.05) is 32.6 Å². The molecule has 2 unspecified atom stereocenters. The van der Waals surface area contributed by atoms with Crippen molar-refractivity contribution in [2.45, 2.75) is 66.0 Å². The first-order chi connectivity index (χ1) is 9.07. The van der Waals surface area contributed by atoms with Gasteiger partial charge >= 0.3 is 0 Å². The van der Waals surface area contributed by atoms with Crippen LogP contribution >= 0.6 is 0 Å². The molecule has 0 aromatic rings. The van der Waals surface area contributed by atoms with Gasteiger partial charge < -0.3 is 10.2 Å². The van der Waals surface area contributed by atoms with Gasteiger partial charge in [0.2, 0.25) is 11.8 Å². The molecule has 2 rings (SSSR count). The van der Waals surface area contributed by atoms with Gasteiger partial charge in [-0.15, -0.1) is 0 Å². The number of hydrogen-bond acceptors (Lipinski definition) is 2. The van der Waals surface area contributed by atoms with Crippen LogP contribution in [0.15, 0.2) is 0 Å². The third-order valence-corrected chi connectivity index (χ3v) is 4.42. The van der Waals surface area contributed by atoms with Crippen LogP contribution < -0.4 is 5.32 Å². The summed E-state index contributed by atoms with van der Waals surface area (Å²) in [7, 11) is 0. The van der Waals surface area contributed by atoms with Crippen molar-refractivity contribution in [1.29, 1.82) is 0 Å². The molecule has 114 valence electrons. The summed E-state index contributed by atoms with van der Waals surface area (Å²) in [6.07, 6.45) is 2.08. The highest BCUT2D eigenvalue weighted by Gasteiger charge is 2.57. The number of carbonyl (C=O) groups excluding carboxylic acids is 2. The molecule has 2 amide bonds. The Labute approximate surface area is 122 Å². The van der Waals surface area contributed by atoms with Gasteiger partial charge in [-0.05, 0) is 37.0 Å². The summed E-state index contributed by atoms with van der Waals surface area (Å²) in [6, 6.07) is -0.371. The van der Waals surface area contributed by atoms with Gasteiger partial charge in [0, 0.05) is 6.54 Å². The second-order valence-electron chi connectivity index (χ2n) is 8.09. The summed E-state index contributed by atoms with van der Waals surface area (Å²) >= 11 is 0. The lowest BCUT2D eigenvalue weighted by molar-refractivity contribution is -0.160. The summed E-state index contributed by atoms with van der Waals surface area (Å²) in [5.41, 5.74) is -0.937. The smallest absolute Gasteiger partial charge is 0.249 e. The van der Waals surface area contributed by atoms with Crippen molar-refractivity contribution >= 4 is 11.8 Å². The molecule has 4 heteroatoms. The van der Waals surface area contributed by atoms with Crippen molar-refractivity contribution in [1.82, 2.24) is 10.2 Å². The molecule has 0 aromatic carbocycles. The van der Waals surface area contributed by atoms with Crippen molar-refractivity contribution in [3.05, 3.63) is 0 Å². The van der Waals surface area contributed by atoms with Crippen LogP contribution in [-0.2, 0) is 9.59 Å². The Morgan fingerprint density at radius 1 is 1.30 bits per heavy atom. The number of amides is 2. The number of hydrogen-bond donors (Lipinski definition) is 1. The first-order valence-electron chi connectivity index (χ1n) is 7.70. The minimum absolute atomic E-state index is 0.00662. The Hall–Kier alpha value is -1.06. The maximum Gasteiger partial charge on any atom is 0.249 e. The molecule has 1 N–H and O–H groups in total. The molecule has 0 spiro atoms. The van der Waals surface area contributed by atoms with E-state index in [0.29, 0.717) is 18.4 Å². The van der Waals surface area contributed by atoms with Gasteiger partial charge in [0.15, 0.2) is 0 Å². The van der Waals surface area contributed by atoms with Gasteiger partial charge in [-0.3, -0.25) is 9.59 Å². The van der Waals surface area contributed by atoms with E-state index in [0.717, 1.165) is 12.8 Å². The van der Waals surface area contributed by atoms with Crippen LogP contribution in [0.4, 0.5) is 0 Å². The van der Waals surface area contributed by atoms with Gasteiger partial charge in [-0.1, -0.05) is 34.6 Å². The SMILES string of the molecule is CC(C)CN1C(=O)C(C)(C2CC2)NC(=O)C1C(C)(C)C. The molecule has 2 atom stereocenters. The van der Waals surface area contributed by atoms with Gasteiger partial charge in [-0.2, -0.15) is 0 Å². The fourth-order valence-corrected chi connectivity index (χ4v) is 3.31. The average molecular weight is 280 g/mol. The molecule has 20 heavy (non-hydrogen) atoms. The van der Waals surface area contributed by atoms with E-state index in [4.69, 9.17) is 0 Å². The zero-order valence-electron chi connectivity index (χ0n) is 13.6. The highest BCUT2D eigenvalue weighted by atomic mass is 16.2. The van der Waals surface area contributed by atoms with Crippen LogP contribution in [0.1, 0.15) is 54.4 Å². The normalized spacial score (nSPS) is 31.8. The monoisotopic (exact) mass is 280 g/mol. The van der Waals surface area contributed by atoms with Crippen molar-refractivity contribution < 1.29 is 9.59 Å². The van der Waals surface area contributed by atoms with Crippen LogP contribution in [0.2, 0.25) is 0 Å². The van der Waals surface area contributed by atoms with E-state index in [9.17, 15) is 9.59 Å². The molecule has 1 saturated carbocycles. The summed E-state index contributed by atoms with van der Waals surface area (Å²) in [5, 5.41) is 3.03. The van der Waals surface area contributed by atoms with Crippen molar-refractivity contribution in [3.8, 4) is 0 Å². The fourth-order valence-electron chi connectivity index (χ4n) is 3.31. The quantitative estimate of drug-likeness (QED) is 0.861. The maximum absolute atomic E-state index is 13.0. The fraction of sp³-hybridized carbons (Fsp3) is 0.875. The molecule has 4 nitrogen and oxygen atoms in total. The van der Waals surface area contributed by atoms with Gasteiger partial charge in [-0.25, -0.2) is 0 Å². The predicted octanol–water partition coefficient (Wildman–Crippen LogP) is 2.18. The number of nitrogens with one attached hydrogen (secondary N) is 1. The molecular weight excluding hydrogens is 252 g/mol. The van der Waals surface area contributed by atoms with Crippen molar-refractivity contribution in [3.63, 3.8) is 0 Å². The Morgan fingerprint density at radius 2 is 1.85 bits per heavy atom. The van der Waals surface area contributed by atoms with Gasteiger partial charge in [0.1, 0.15) is 11.6 Å². The molecule has 1 aliphatic heterocycles. The van der Waals surface area contributed by atoms with Crippen molar-refractivity contribution in [2.75, 3.05) is 6.54 Å². The summed E-state index contributed by atoms with van der Waals surface area (Å²) in [5.74, 6) is 0.785. The first-order valence-corrected chi connectivity index (χ1v) is 7.70. The van der Waals surface area contributed by atoms with E-state index in [-0.39, 0.29) is 23.3 Å². The topological polar surface area (TPSA) is 49.4 Å². The third kappa shape index (κ3) is 2.57. The van der Waals surface area contributed by atoms with Gasteiger partial charge in [0.25, 0.3) is 0 Å². The summed E-state index contributed by atoms with van der Waals surface area (Å²) < 4.78 is 0. The minimum atomic E-state index is -0.687. The summed E-state index contributed by atoms with van der Waals surface area (Å²) in [6.45, 7) is 12.8. The van der Waals surface area contributed by atoms with Crippen LogP contribution in [0.3, 0.4) is 0 Å². The van der Waals surface area contributed by atoms with E-state index in [2.05, 4.69) is 19.2 Å². The molecule has 0 aromatic heterocycles. The molecular formula is C16H28N2O2. The zero-order valence-corrected chi connectivity index (χ0v) is 13.6. The second kappa shape index (κ2) is 4.74. The van der Waals surface area contributed by atoms with Crippen LogP contribution in [0.5, 0.6) is 0 Å². The zero-order chi connectivity index (χ0) is 15.3. The molecule has 2 aliphatic rings. The number of piperazine rings is 1. The van der Waals surface area contributed by atoms with Crippen molar-refractivity contribution in [2.24, 2.45) is 17.3 Å². The Kier molecular flexibility index (Phi) is 3.64. The molecule has 2 fully saturated rings. The molecule has 0 radical (unpaired) electrons. The lowest BCUT2D eigenvalue weighted by Crippen LogP contribution is -2.72. The molecule has 1 aliphatic carbocycles. The molecule has 1 saturated heterocycles. The Balaban J connectivity index is 2.36. The summed E-state index contributed by atoms with van der Waals surface area (Å²) in [4.78, 5) is 27.4. The Morgan fingerprint density at radius 3 is 2.25 bits per heavy atom. The highest BCUT2D eigenvalue weighted by molar-refractivity contribution is 6.00. The van der Waals surface area contributed by atoms with E-state index < -0.39 is 5.54 Å². The predicted molar refractivity (Wildman–Crippen MR) is 79.1 cm³/mol. The van der Waals surface area contributed by atoms with Crippen LogP contribution in [-0.4, -0.2) is 34.8 Å². The lowest BCUT2D eigenvalue weighted by Gasteiger charge is -2.49. The maximum atomic E-state index is 13.0. The van der Waals surface area contributed by atoms with Gasteiger partial charge in [0.05, 0.1) is 0 Å². The Bertz CT molecular complexity index is 421. The van der Waals surface area contributed by atoms with Crippen LogP contribution in [0.25, 0.3) is 0 Å². The van der Waals surface area contributed by atoms with Crippen LogP contribution in [0, 0.1) is 17.3 Å². The van der Waals surface area contributed by atoms with E-state index >= 15 is 0 Å². The number of rotatable bonds is 3. The first kappa shape index (κ1) is 15.3. The molecule has 1 heterocycles. The minimum Gasteiger partial charge on any atom is -0.340 e.